The molecule has 1 aromatic carbocycles. The maximum absolute atomic E-state index is 10.6. The molecule has 0 aliphatic rings. The molecule has 1 heterocycles. The van der Waals surface area contributed by atoms with Crippen LogP contribution in [0.4, 0.5) is 5.69 Å². The molecule has 0 aliphatic carbocycles. The summed E-state index contributed by atoms with van der Waals surface area (Å²) < 4.78 is 5.60. The number of hydrogen-bond donors (Lipinski definition) is 1. The minimum atomic E-state index is -0.419. The van der Waals surface area contributed by atoms with Gasteiger partial charge in [-0.2, -0.15) is 0 Å². The molecule has 1 N–H and O–H groups in total. The summed E-state index contributed by atoms with van der Waals surface area (Å²) in [5.41, 5.74) is 1.91. The number of hydrogen-bond acceptors (Lipinski definition) is 5. The molecule has 0 spiro atoms. The van der Waals surface area contributed by atoms with Gasteiger partial charge in [-0.1, -0.05) is 6.92 Å². The maximum Gasteiger partial charge on any atom is 0.269 e. The number of nitro benzene ring substituents is 1. The summed E-state index contributed by atoms with van der Waals surface area (Å²) in [6.07, 6.45) is 1.68. The molecule has 0 bridgehead atoms. The lowest BCUT2D eigenvalue weighted by Gasteiger charge is -2.07. The number of rotatable bonds is 7. The largest absolute Gasteiger partial charge is 0.487 e. The van der Waals surface area contributed by atoms with Crippen LogP contribution in [0.1, 0.15) is 18.2 Å². The van der Waals surface area contributed by atoms with E-state index in [1.54, 1.807) is 18.3 Å². The van der Waals surface area contributed by atoms with Crippen molar-refractivity contribution < 1.29 is 9.66 Å². The van der Waals surface area contributed by atoms with Gasteiger partial charge in [0.1, 0.15) is 12.4 Å². The number of non-ortho nitro benzene ring substituents is 1. The van der Waals surface area contributed by atoms with Gasteiger partial charge in [-0.15, -0.1) is 0 Å². The van der Waals surface area contributed by atoms with Gasteiger partial charge in [0.05, 0.1) is 16.8 Å². The van der Waals surface area contributed by atoms with E-state index in [-0.39, 0.29) is 5.69 Å². The van der Waals surface area contributed by atoms with Crippen molar-refractivity contribution in [2.24, 2.45) is 0 Å². The second kappa shape index (κ2) is 7.35. The van der Waals surface area contributed by atoms with Crippen LogP contribution in [-0.4, -0.2) is 16.5 Å². The summed E-state index contributed by atoms with van der Waals surface area (Å²) in [6, 6.07) is 10.1. The average Bonchev–Trinajstić information content (AvgIpc) is 2.52. The molecular formula is C15H17N3O3. The van der Waals surface area contributed by atoms with Gasteiger partial charge in [0.15, 0.2) is 0 Å². The highest BCUT2D eigenvalue weighted by Crippen LogP contribution is 2.15. The highest BCUT2D eigenvalue weighted by molar-refractivity contribution is 5.33. The summed E-state index contributed by atoms with van der Waals surface area (Å²) in [4.78, 5) is 14.4. The van der Waals surface area contributed by atoms with E-state index in [1.807, 2.05) is 19.1 Å². The molecule has 1 aromatic heterocycles. The Labute approximate surface area is 122 Å². The van der Waals surface area contributed by atoms with Crippen molar-refractivity contribution in [3.05, 3.63) is 64.0 Å². The first-order valence-corrected chi connectivity index (χ1v) is 6.71. The predicted molar refractivity (Wildman–Crippen MR) is 79.0 cm³/mol. The average molecular weight is 287 g/mol. The fraction of sp³-hybridized carbons (Fsp3) is 0.267. The lowest BCUT2D eigenvalue weighted by atomic mass is 10.2. The summed E-state index contributed by atoms with van der Waals surface area (Å²) in [5.74, 6) is 0.675. The Hall–Kier alpha value is -2.47. The minimum Gasteiger partial charge on any atom is -0.487 e. The van der Waals surface area contributed by atoms with E-state index in [4.69, 9.17) is 4.74 Å². The van der Waals surface area contributed by atoms with E-state index < -0.39 is 4.92 Å². The van der Waals surface area contributed by atoms with Crippen molar-refractivity contribution in [3.63, 3.8) is 0 Å². The second-order valence-electron chi connectivity index (χ2n) is 4.48. The monoisotopic (exact) mass is 287 g/mol. The van der Waals surface area contributed by atoms with Crippen molar-refractivity contribution in [2.45, 2.75) is 20.1 Å². The molecular weight excluding hydrogens is 270 g/mol. The molecule has 6 heteroatoms. The van der Waals surface area contributed by atoms with E-state index in [0.717, 1.165) is 24.3 Å². The third-order valence-electron chi connectivity index (χ3n) is 2.91. The molecule has 2 aromatic rings. The van der Waals surface area contributed by atoms with Crippen LogP contribution >= 0.6 is 0 Å². The topological polar surface area (TPSA) is 77.3 Å². The maximum atomic E-state index is 10.6. The zero-order valence-corrected chi connectivity index (χ0v) is 11.8. The molecule has 0 atom stereocenters. The predicted octanol–water partition coefficient (Wildman–Crippen LogP) is 2.68. The van der Waals surface area contributed by atoms with E-state index in [9.17, 15) is 10.1 Å². The summed E-state index contributed by atoms with van der Waals surface area (Å²) in [7, 11) is 0. The fourth-order valence-electron chi connectivity index (χ4n) is 1.73. The molecule has 6 nitrogen and oxygen atoms in total. The Morgan fingerprint density at radius 1 is 1.24 bits per heavy atom. The molecule has 21 heavy (non-hydrogen) atoms. The number of aromatic nitrogens is 1. The number of nitrogens with one attached hydrogen (secondary N) is 1. The van der Waals surface area contributed by atoms with E-state index in [0.29, 0.717) is 12.4 Å². The van der Waals surface area contributed by atoms with Crippen LogP contribution in [-0.2, 0) is 13.2 Å². The van der Waals surface area contributed by atoms with Crippen LogP contribution < -0.4 is 10.1 Å². The van der Waals surface area contributed by atoms with Gasteiger partial charge in [-0.05, 0) is 36.4 Å². The smallest absolute Gasteiger partial charge is 0.269 e. The second-order valence-corrected chi connectivity index (χ2v) is 4.48. The SMILES string of the molecule is CCNCc1ccc(OCc2ccc([N+](=O)[O-])cc2)cn1. The van der Waals surface area contributed by atoms with Crippen LogP contribution in [0.15, 0.2) is 42.6 Å². The van der Waals surface area contributed by atoms with Crippen LogP contribution in [0.3, 0.4) is 0 Å². The third kappa shape index (κ3) is 4.54. The first-order valence-electron chi connectivity index (χ1n) is 6.71. The Kier molecular flexibility index (Phi) is 5.22. The van der Waals surface area contributed by atoms with Crippen molar-refractivity contribution in [3.8, 4) is 5.75 Å². The van der Waals surface area contributed by atoms with Gasteiger partial charge in [-0.25, -0.2) is 0 Å². The van der Waals surface area contributed by atoms with Gasteiger partial charge in [0.25, 0.3) is 5.69 Å². The minimum absolute atomic E-state index is 0.0770. The summed E-state index contributed by atoms with van der Waals surface area (Å²) in [6.45, 7) is 4.03. The number of nitrogens with zero attached hydrogens (tertiary/aromatic N) is 2. The summed E-state index contributed by atoms with van der Waals surface area (Å²) >= 11 is 0. The molecule has 0 amide bonds. The number of pyridine rings is 1. The molecule has 110 valence electrons. The number of nitro groups is 1. The molecule has 0 unspecified atom stereocenters. The lowest BCUT2D eigenvalue weighted by molar-refractivity contribution is -0.384. The van der Waals surface area contributed by atoms with Gasteiger partial charge in [0.2, 0.25) is 0 Å². The van der Waals surface area contributed by atoms with Crippen molar-refractivity contribution in [2.75, 3.05) is 6.54 Å². The lowest BCUT2D eigenvalue weighted by Crippen LogP contribution is -2.12. The highest BCUT2D eigenvalue weighted by Gasteiger charge is 2.04. The number of benzene rings is 1. The van der Waals surface area contributed by atoms with Gasteiger partial charge >= 0.3 is 0 Å². The Morgan fingerprint density at radius 2 is 2.00 bits per heavy atom. The van der Waals surface area contributed by atoms with Crippen LogP contribution in [0.5, 0.6) is 5.75 Å². The van der Waals surface area contributed by atoms with Crippen LogP contribution in [0.2, 0.25) is 0 Å². The zero-order chi connectivity index (χ0) is 15.1. The highest BCUT2D eigenvalue weighted by atomic mass is 16.6. The standard InChI is InChI=1S/C15H17N3O3/c1-2-16-9-13-5-8-15(10-17-13)21-11-12-3-6-14(7-4-12)18(19)20/h3-8,10,16H,2,9,11H2,1H3. The normalized spacial score (nSPS) is 10.3. The third-order valence-corrected chi connectivity index (χ3v) is 2.91. The van der Waals surface area contributed by atoms with E-state index in [1.165, 1.54) is 12.1 Å². The first kappa shape index (κ1) is 14.9. The quantitative estimate of drug-likeness (QED) is 0.625. The van der Waals surface area contributed by atoms with Gasteiger partial charge in [-0.3, -0.25) is 15.1 Å². The molecule has 0 saturated carbocycles. The van der Waals surface area contributed by atoms with Crippen LogP contribution in [0, 0.1) is 10.1 Å². The van der Waals surface area contributed by atoms with Crippen molar-refractivity contribution in [1.82, 2.24) is 10.3 Å². The fourth-order valence-corrected chi connectivity index (χ4v) is 1.73. The molecule has 0 fully saturated rings. The van der Waals surface area contributed by atoms with Crippen molar-refractivity contribution in [1.29, 1.82) is 0 Å². The zero-order valence-electron chi connectivity index (χ0n) is 11.8. The van der Waals surface area contributed by atoms with E-state index in [2.05, 4.69) is 10.3 Å². The van der Waals surface area contributed by atoms with Gasteiger partial charge in [0, 0.05) is 18.7 Å². The van der Waals surface area contributed by atoms with Crippen LogP contribution in [0.25, 0.3) is 0 Å². The summed E-state index contributed by atoms with van der Waals surface area (Å²) in [5, 5.41) is 13.8. The molecule has 0 radical (unpaired) electrons. The van der Waals surface area contributed by atoms with Gasteiger partial charge < -0.3 is 10.1 Å². The Morgan fingerprint density at radius 3 is 2.57 bits per heavy atom. The molecule has 0 aliphatic heterocycles. The molecule has 0 saturated heterocycles. The Balaban J connectivity index is 1.88. The van der Waals surface area contributed by atoms with E-state index >= 15 is 0 Å². The number of ether oxygens (including phenoxy) is 1. The molecule has 2 rings (SSSR count). The van der Waals surface area contributed by atoms with Crippen molar-refractivity contribution >= 4 is 5.69 Å². The first-order chi connectivity index (χ1) is 10.2. The Bertz CT molecular complexity index is 582.